The normalized spacial score (nSPS) is 15.7. The van der Waals surface area contributed by atoms with Crippen LogP contribution < -0.4 is 5.56 Å². The number of benzene rings is 1. The van der Waals surface area contributed by atoms with E-state index in [9.17, 15) is 13.2 Å². The van der Waals surface area contributed by atoms with E-state index in [1.54, 1.807) is 18.2 Å². The number of nitrogens with one attached hydrogen (secondary N) is 1. The average Bonchev–Trinajstić information content (AvgIpc) is 2.99. The lowest BCUT2D eigenvalue weighted by atomic mass is 10.1. The first kappa shape index (κ1) is 14.2. The molecule has 0 atom stereocenters. The molecule has 0 saturated carbocycles. The van der Waals surface area contributed by atoms with E-state index in [2.05, 4.69) is 9.97 Å². The molecule has 8 heteroatoms. The summed E-state index contributed by atoms with van der Waals surface area (Å²) in [6.45, 7) is 0.291. The van der Waals surface area contributed by atoms with Gasteiger partial charge in [0.15, 0.2) is 0 Å². The number of hydrogen-bond donors (Lipinski definition) is 1. The van der Waals surface area contributed by atoms with Crippen molar-refractivity contribution in [2.45, 2.75) is 18.1 Å². The van der Waals surface area contributed by atoms with Gasteiger partial charge in [0.2, 0.25) is 5.09 Å². The van der Waals surface area contributed by atoms with Gasteiger partial charge in [0, 0.05) is 23.6 Å². The van der Waals surface area contributed by atoms with Crippen LogP contribution in [0.4, 0.5) is 0 Å². The van der Waals surface area contributed by atoms with E-state index in [4.69, 9.17) is 4.42 Å². The second-order valence-corrected chi connectivity index (χ2v) is 7.22. The molecule has 0 saturated heterocycles. The Hall–Kier alpha value is -2.45. The third-order valence-corrected chi connectivity index (χ3v) is 5.67. The maximum absolute atomic E-state index is 12.8. The SMILES string of the molecule is O=c1[nH]cnc2c1CCN(S(=O)(=O)c1cc3ccccc3o1)C2. The number of para-hydroxylation sites is 1. The molecule has 2 aromatic heterocycles. The highest BCUT2D eigenvalue weighted by Crippen LogP contribution is 2.27. The molecule has 0 fully saturated rings. The van der Waals surface area contributed by atoms with Gasteiger partial charge in [-0.3, -0.25) is 4.79 Å². The number of H-pyrrole nitrogens is 1. The number of nitrogens with zero attached hydrogens (tertiary/aromatic N) is 2. The molecule has 7 nitrogen and oxygen atoms in total. The van der Waals surface area contributed by atoms with Gasteiger partial charge in [0.05, 0.1) is 18.6 Å². The number of sulfonamides is 1. The van der Waals surface area contributed by atoms with Crippen molar-refractivity contribution >= 4 is 21.0 Å². The van der Waals surface area contributed by atoms with Crippen LogP contribution in [-0.4, -0.2) is 29.2 Å². The Morgan fingerprint density at radius 3 is 2.91 bits per heavy atom. The van der Waals surface area contributed by atoms with E-state index in [0.29, 0.717) is 23.3 Å². The summed E-state index contributed by atoms with van der Waals surface area (Å²) in [6, 6.07) is 8.65. The fraction of sp³-hybridized carbons (Fsp3) is 0.200. The molecule has 3 heterocycles. The van der Waals surface area contributed by atoms with Gasteiger partial charge in [-0.1, -0.05) is 18.2 Å². The van der Waals surface area contributed by atoms with Gasteiger partial charge in [-0.05, 0) is 12.5 Å². The molecule has 4 rings (SSSR count). The van der Waals surface area contributed by atoms with Crippen LogP contribution in [-0.2, 0) is 23.0 Å². The van der Waals surface area contributed by atoms with Gasteiger partial charge >= 0.3 is 0 Å². The Bertz CT molecular complexity index is 1020. The summed E-state index contributed by atoms with van der Waals surface area (Å²) in [5, 5.41) is 0.644. The van der Waals surface area contributed by atoms with Crippen molar-refractivity contribution in [3.05, 3.63) is 58.3 Å². The predicted octanol–water partition coefficient (Wildman–Crippen LogP) is 1.26. The fourth-order valence-electron chi connectivity index (χ4n) is 2.76. The smallest absolute Gasteiger partial charge is 0.276 e. The molecule has 0 amide bonds. The summed E-state index contributed by atoms with van der Waals surface area (Å²) in [4.78, 5) is 18.3. The van der Waals surface area contributed by atoms with Crippen molar-refractivity contribution in [2.24, 2.45) is 0 Å². The fourth-order valence-corrected chi connectivity index (χ4v) is 4.11. The summed E-state index contributed by atoms with van der Waals surface area (Å²) < 4.78 is 32.3. The molecule has 1 aliphatic rings. The Morgan fingerprint density at radius 1 is 1.26 bits per heavy atom. The first-order chi connectivity index (χ1) is 11.1. The highest BCUT2D eigenvalue weighted by molar-refractivity contribution is 7.89. The molecule has 3 aromatic rings. The summed E-state index contributed by atoms with van der Waals surface area (Å²) in [5.74, 6) is 0. The van der Waals surface area contributed by atoms with Crippen LogP contribution >= 0.6 is 0 Å². The van der Waals surface area contributed by atoms with Crippen LogP contribution in [0, 0.1) is 0 Å². The van der Waals surface area contributed by atoms with E-state index in [0.717, 1.165) is 5.39 Å². The van der Waals surface area contributed by atoms with E-state index in [1.807, 2.05) is 6.07 Å². The van der Waals surface area contributed by atoms with Crippen LogP contribution in [0.2, 0.25) is 0 Å². The van der Waals surface area contributed by atoms with E-state index >= 15 is 0 Å². The molecule has 1 aromatic carbocycles. The minimum Gasteiger partial charge on any atom is -0.443 e. The zero-order chi connectivity index (χ0) is 16.0. The molecule has 0 spiro atoms. The quantitative estimate of drug-likeness (QED) is 0.762. The number of rotatable bonds is 2. The zero-order valence-corrected chi connectivity index (χ0v) is 12.8. The average molecular weight is 331 g/mol. The van der Waals surface area contributed by atoms with Crippen molar-refractivity contribution in [3.8, 4) is 0 Å². The lowest BCUT2D eigenvalue weighted by Crippen LogP contribution is -2.38. The molecule has 118 valence electrons. The van der Waals surface area contributed by atoms with Gasteiger partial charge in [-0.15, -0.1) is 0 Å². The third kappa shape index (κ3) is 2.27. The largest absolute Gasteiger partial charge is 0.443 e. The lowest BCUT2D eigenvalue weighted by Gasteiger charge is -2.25. The number of hydrogen-bond acceptors (Lipinski definition) is 5. The highest BCUT2D eigenvalue weighted by atomic mass is 32.2. The Morgan fingerprint density at radius 2 is 2.09 bits per heavy atom. The minimum absolute atomic E-state index is 0.0681. The van der Waals surface area contributed by atoms with Crippen molar-refractivity contribution in [1.82, 2.24) is 14.3 Å². The van der Waals surface area contributed by atoms with Crippen molar-refractivity contribution in [1.29, 1.82) is 0 Å². The standard InChI is InChI=1S/C15H13N3O4S/c19-15-11-5-6-18(8-12(11)16-9-17-15)23(20,21)14-7-10-3-1-2-4-13(10)22-14/h1-4,7,9H,5-6,8H2,(H,16,17,19). The monoisotopic (exact) mass is 331 g/mol. The van der Waals surface area contributed by atoms with Crippen LogP contribution in [0.3, 0.4) is 0 Å². The summed E-state index contributed by atoms with van der Waals surface area (Å²) >= 11 is 0. The molecule has 0 radical (unpaired) electrons. The summed E-state index contributed by atoms with van der Waals surface area (Å²) in [5.41, 5.74) is 1.34. The zero-order valence-electron chi connectivity index (χ0n) is 12.0. The molecule has 0 bridgehead atoms. The Kier molecular flexibility index (Phi) is 3.10. The lowest BCUT2D eigenvalue weighted by molar-refractivity contribution is 0.365. The van der Waals surface area contributed by atoms with E-state index in [-0.39, 0.29) is 23.7 Å². The molecular formula is C15H13N3O4S. The maximum atomic E-state index is 12.8. The van der Waals surface area contributed by atoms with Gasteiger partial charge in [0.25, 0.3) is 15.6 Å². The summed E-state index contributed by atoms with van der Waals surface area (Å²) in [7, 11) is -3.77. The second-order valence-electron chi connectivity index (χ2n) is 5.35. The number of furan rings is 1. The van der Waals surface area contributed by atoms with E-state index in [1.165, 1.54) is 16.7 Å². The maximum Gasteiger partial charge on any atom is 0.276 e. The molecule has 23 heavy (non-hydrogen) atoms. The van der Waals surface area contributed by atoms with Crippen LogP contribution in [0.15, 0.2) is 51.0 Å². The van der Waals surface area contributed by atoms with Crippen molar-refractivity contribution < 1.29 is 12.8 Å². The second kappa shape index (κ2) is 5.04. The Balaban J connectivity index is 1.73. The molecular weight excluding hydrogens is 318 g/mol. The Labute approximate surface area is 131 Å². The van der Waals surface area contributed by atoms with Crippen LogP contribution in [0.5, 0.6) is 0 Å². The molecule has 0 unspecified atom stereocenters. The first-order valence-corrected chi connectivity index (χ1v) is 8.54. The molecule has 1 N–H and O–H groups in total. The van der Waals surface area contributed by atoms with Gasteiger partial charge in [-0.2, -0.15) is 4.31 Å². The van der Waals surface area contributed by atoms with Crippen molar-refractivity contribution in [2.75, 3.05) is 6.54 Å². The first-order valence-electron chi connectivity index (χ1n) is 7.10. The van der Waals surface area contributed by atoms with E-state index < -0.39 is 10.0 Å². The minimum atomic E-state index is -3.77. The van der Waals surface area contributed by atoms with Crippen molar-refractivity contribution in [3.63, 3.8) is 0 Å². The highest BCUT2D eigenvalue weighted by Gasteiger charge is 2.32. The summed E-state index contributed by atoms with van der Waals surface area (Å²) in [6.07, 6.45) is 1.62. The number of aromatic nitrogens is 2. The number of aromatic amines is 1. The predicted molar refractivity (Wildman–Crippen MR) is 82.4 cm³/mol. The van der Waals surface area contributed by atoms with Crippen LogP contribution in [0.1, 0.15) is 11.3 Å². The molecule has 0 aliphatic carbocycles. The topological polar surface area (TPSA) is 96.3 Å². The third-order valence-electron chi connectivity index (χ3n) is 3.97. The van der Waals surface area contributed by atoms with Crippen LogP contribution in [0.25, 0.3) is 11.0 Å². The molecule has 1 aliphatic heterocycles. The van der Waals surface area contributed by atoms with Gasteiger partial charge in [0.1, 0.15) is 5.58 Å². The number of fused-ring (bicyclic) bond motifs is 2. The van der Waals surface area contributed by atoms with Gasteiger partial charge in [-0.25, -0.2) is 13.4 Å². The van der Waals surface area contributed by atoms with Gasteiger partial charge < -0.3 is 9.40 Å².